The molecule has 1 aliphatic heterocycles. The first-order chi connectivity index (χ1) is 16.2. The largest absolute Gasteiger partial charge is 0.417 e. The lowest BCUT2D eigenvalue weighted by molar-refractivity contribution is -0.137. The maximum absolute atomic E-state index is 13.6. The number of aromatic nitrogens is 4. The Hall–Kier alpha value is -3.60. The summed E-state index contributed by atoms with van der Waals surface area (Å²) in [6.07, 6.45) is 0.479. The summed E-state index contributed by atoms with van der Waals surface area (Å²) in [6.45, 7) is 4.27. The Bertz CT molecular complexity index is 1130. The molecule has 1 fully saturated rings. The SMILES string of the molecule is CC1CN(C(=O)c2ncccc2-c2ncccn2)[C@H](CNc2ccc(C(F)(F)F)cn2)[C@H](C)O1. The minimum Gasteiger partial charge on any atom is -0.372 e. The van der Waals surface area contributed by atoms with Crippen molar-refractivity contribution < 1.29 is 22.7 Å². The van der Waals surface area contributed by atoms with Crippen molar-refractivity contribution in [3.63, 3.8) is 0 Å². The van der Waals surface area contributed by atoms with Gasteiger partial charge in [-0.1, -0.05) is 0 Å². The summed E-state index contributed by atoms with van der Waals surface area (Å²) in [5, 5.41) is 3.02. The predicted molar refractivity (Wildman–Crippen MR) is 118 cm³/mol. The minimum atomic E-state index is -4.46. The number of rotatable bonds is 5. The lowest BCUT2D eigenvalue weighted by atomic mass is 10.0. The smallest absolute Gasteiger partial charge is 0.372 e. The van der Waals surface area contributed by atoms with Gasteiger partial charge in [0.15, 0.2) is 5.82 Å². The van der Waals surface area contributed by atoms with Crippen LogP contribution in [0.1, 0.15) is 29.9 Å². The average Bonchev–Trinajstić information content (AvgIpc) is 2.83. The van der Waals surface area contributed by atoms with E-state index < -0.39 is 17.8 Å². The highest BCUT2D eigenvalue weighted by Gasteiger charge is 2.37. The summed E-state index contributed by atoms with van der Waals surface area (Å²) in [5.74, 6) is 0.344. The van der Waals surface area contributed by atoms with Crippen LogP contribution >= 0.6 is 0 Å². The van der Waals surface area contributed by atoms with Crippen molar-refractivity contribution in [2.75, 3.05) is 18.4 Å². The highest BCUT2D eigenvalue weighted by Crippen LogP contribution is 2.29. The molecule has 11 heteroatoms. The first-order valence-electron chi connectivity index (χ1n) is 10.7. The molecule has 34 heavy (non-hydrogen) atoms. The van der Waals surface area contributed by atoms with Gasteiger partial charge in [-0.15, -0.1) is 0 Å². The second kappa shape index (κ2) is 9.72. The van der Waals surface area contributed by atoms with Gasteiger partial charge < -0.3 is 15.0 Å². The van der Waals surface area contributed by atoms with Gasteiger partial charge in [-0.3, -0.25) is 9.78 Å². The quantitative estimate of drug-likeness (QED) is 0.606. The fourth-order valence-electron chi connectivity index (χ4n) is 3.88. The van der Waals surface area contributed by atoms with Gasteiger partial charge in [-0.2, -0.15) is 13.2 Å². The number of nitrogens with zero attached hydrogens (tertiary/aromatic N) is 5. The molecular formula is C23H23F3N6O2. The van der Waals surface area contributed by atoms with Crippen molar-refractivity contribution in [1.29, 1.82) is 0 Å². The molecule has 1 saturated heterocycles. The molecule has 1 amide bonds. The molecule has 0 aromatic carbocycles. The number of anilines is 1. The minimum absolute atomic E-state index is 0.209. The van der Waals surface area contributed by atoms with Crippen LogP contribution in [0.3, 0.4) is 0 Å². The van der Waals surface area contributed by atoms with E-state index in [1.165, 1.54) is 12.3 Å². The maximum atomic E-state index is 13.6. The lowest BCUT2D eigenvalue weighted by Gasteiger charge is -2.43. The van der Waals surface area contributed by atoms with Gasteiger partial charge in [0.25, 0.3) is 5.91 Å². The molecule has 3 atom stereocenters. The van der Waals surface area contributed by atoms with E-state index in [0.717, 1.165) is 12.3 Å². The van der Waals surface area contributed by atoms with Crippen molar-refractivity contribution >= 4 is 11.7 Å². The Morgan fingerprint density at radius 1 is 1.09 bits per heavy atom. The van der Waals surface area contributed by atoms with Crippen LogP contribution in [0, 0.1) is 0 Å². The summed E-state index contributed by atoms with van der Waals surface area (Å²) in [7, 11) is 0. The van der Waals surface area contributed by atoms with Gasteiger partial charge >= 0.3 is 6.18 Å². The molecule has 0 saturated carbocycles. The molecule has 4 rings (SSSR count). The number of amides is 1. The van der Waals surface area contributed by atoms with Crippen LogP contribution in [0.4, 0.5) is 19.0 Å². The summed E-state index contributed by atoms with van der Waals surface area (Å²) >= 11 is 0. The van der Waals surface area contributed by atoms with Gasteiger partial charge in [0.1, 0.15) is 11.5 Å². The van der Waals surface area contributed by atoms with Gasteiger partial charge in [0.2, 0.25) is 0 Å². The fourth-order valence-corrected chi connectivity index (χ4v) is 3.88. The second-order valence-corrected chi connectivity index (χ2v) is 7.96. The zero-order chi connectivity index (χ0) is 24.3. The van der Waals surface area contributed by atoms with Gasteiger partial charge in [-0.05, 0) is 44.2 Å². The molecule has 0 bridgehead atoms. The molecule has 0 spiro atoms. The lowest BCUT2D eigenvalue weighted by Crippen LogP contribution is -2.58. The predicted octanol–water partition coefficient (Wildman–Crippen LogP) is 3.68. The number of ether oxygens (including phenoxy) is 1. The van der Waals surface area contributed by atoms with E-state index in [9.17, 15) is 18.0 Å². The number of nitrogens with one attached hydrogen (secondary N) is 1. The third-order valence-electron chi connectivity index (χ3n) is 5.50. The molecule has 1 N–H and O–H groups in total. The zero-order valence-corrected chi connectivity index (χ0v) is 18.5. The Morgan fingerprint density at radius 2 is 1.82 bits per heavy atom. The topological polar surface area (TPSA) is 93.1 Å². The maximum Gasteiger partial charge on any atom is 0.417 e. The van der Waals surface area contributed by atoms with Crippen molar-refractivity contribution in [2.45, 2.75) is 38.3 Å². The number of alkyl halides is 3. The highest BCUT2D eigenvalue weighted by atomic mass is 19.4. The van der Waals surface area contributed by atoms with Crippen molar-refractivity contribution in [3.05, 3.63) is 66.4 Å². The van der Waals surface area contributed by atoms with Crippen molar-refractivity contribution in [3.8, 4) is 11.4 Å². The van der Waals surface area contributed by atoms with Crippen molar-refractivity contribution in [1.82, 2.24) is 24.8 Å². The molecule has 4 heterocycles. The van der Waals surface area contributed by atoms with Gasteiger partial charge in [0, 0.05) is 37.9 Å². The number of morpholine rings is 1. The van der Waals surface area contributed by atoms with Crippen LogP contribution < -0.4 is 5.32 Å². The molecular weight excluding hydrogens is 449 g/mol. The summed E-state index contributed by atoms with van der Waals surface area (Å²) < 4.78 is 44.3. The second-order valence-electron chi connectivity index (χ2n) is 7.96. The van der Waals surface area contributed by atoms with Gasteiger partial charge in [-0.25, -0.2) is 15.0 Å². The molecule has 8 nitrogen and oxygen atoms in total. The molecule has 0 aliphatic carbocycles. The molecule has 3 aromatic rings. The Labute approximate surface area is 194 Å². The number of hydrogen-bond acceptors (Lipinski definition) is 7. The van der Waals surface area contributed by atoms with E-state index >= 15 is 0 Å². The third kappa shape index (κ3) is 5.14. The van der Waals surface area contributed by atoms with Crippen LogP contribution in [0.25, 0.3) is 11.4 Å². The first kappa shape index (κ1) is 23.6. The Morgan fingerprint density at radius 3 is 2.50 bits per heavy atom. The number of hydrogen-bond donors (Lipinski definition) is 1. The summed E-state index contributed by atoms with van der Waals surface area (Å²) in [6, 6.07) is 6.93. The number of carbonyl (C=O) groups is 1. The normalized spacial score (nSPS) is 20.7. The van der Waals surface area contributed by atoms with Crippen LogP contribution in [0.15, 0.2) is 55.1 Å². The number of carbonyl (C=O) groups excluding carboxylic acids is 1. The van der Waals surface area contributed by atoms with Crippen LogP contribution in [0.5, 0.6) is 0 Å². The summed E-state index contributed by atoms with van der Waals surface area (Å²) in [4.78, 5) is 32.0. The van der Waals surface area contributed by atoms with E-state index in [4.69, 9.17) is 4.74 Å². The third-order valence-corrected chi connectivity index (χ3v) is 5.50. The first-order valence-corrected chi connectivity index (χ1v) is 10.7. The van der Waals surface area contributed by atoms with Crippen molar-refractivity contribution in [2.24, 2.45) is 0 Å². The van der Waals surface area contributed by atoms with Crippen LogP contribution in [0.2, 0.25) is 0 Å². The van der Waals surface area contributed by atoms with E-state index in [1.54, 1.807) is 35.5 Å². The van der Waals surface area contributed by atoms with E-state index in [0.29, 0.717) is 17.9 Å². The van der Waals surface area contributed by atoms with E-state index in [1.807, 2.05) is 13.8 Å². The summed E-state index contributed by atoms with van der Waals surface area (Å²) in [5.41, 5.74) is -0.104. The van der Waals surface area contributed by atoms with E-state index in [-0.39, 0.29) is 36.2 Å². The average molecular weight is 472 g/mol. The molecule has 178 valence electrons. The van der Waals surface area contributed by atoms with Crippen LogP contribution in [-0.2, 0) is 10.9 Å². The molecule has 0 radical (unpaired) electrons. The zero-order valence-electron chi connectivity index (χ0n) is 18.5. The Balaban J connectivity index is 1.57. The van der Waals surface area contributed by atoms with Crippen LogP contribution in [-0.4, -0.2) is 62.1 Å². The monoisotopic (exact) mass is 472 g/mol. The standard InChI is InChI=1S/C23H23F3N6O2/c1-14-13-32(22(33)20-17(5-3-8-27-20)21-28-9-4-10-29-21)18(15(2)34-14)12-31-19-7-6-16(11-30-19)23(24,25)26/h3-11,14-15,18H,12-13H2,1-2H3,(H,30,31)/t14?,15-,18+/m0/s1. The highest BCUT2D eigenvalue weighted by molar-refractivity contribution is 5.98. The number of pyridine rings is 2. The molecule has 1 aliphatic rings. The van der Waals surface area contributed by atoms with E-state index in [2.05, 4.69) is 25.3 Å². The van der Waals surface area contributed by atoms with Gasteiger partial charge in [0.05, 0.1) is 29.4 Å². The molecule has 1 unspecified atom stereocenters. The molecule has 3 aromatic heterocycles. The fraction of sp³-hybridized carbons (Fsp3) is 0.348. The Kier molecular flexibility index (Phi) is 6.73. The number of halogens is 3.